The van der Waals surface area contributed by atoms with Crippen molar-refractivity contribution in [2.75, 3.05) is 0 Å². The first-order chi connectivity index (χ1) is 6.23. The first kappa shape index (κ1) is 10.8. The summed E-state index contributed by atoms with van der Waals surface area (Å²) in [4.78, 5) is 0. The van der Waals surface area contributed by atoms with Gasteiger partial charge in [-0.1, -0.05) is 50.6 Å². The summed E-state index contributed by atoms with van der Waals surface area (Å²) in [7, 11) is -0.546. The molecule has 0 amide bonds. The molecular weight excluding hydrogens is 196 g/mol. The number of halogens is 1. The fraction of sp³-hybridized carbons (Fsp3) is 0.364. The van der Waals surface area contributed by atoms with E-state index in [4.69, 9.17) is 11.1 Å². The Bertz CT molecular complexity index is 248. The summed E-state index contributed by atoms with van der Waals surface area (Å²) in [5.41, 5.74) is 1.38. The third-order valence-electron chi connectivity index (χ3n) is 2.49. The van der Waals surface area contributed by atoms with Crippen molar-refractivity contribution < 1.29 is 0 Å². The van der Waals surface area contributed by atoms with E-state index in [0.29, 0.717) is 0 Å². The van der Waals surface area contributed by atoms with Crippen molar-refractivity contribution >= 4 is 19.9 Å². The Morgan fingerprint density at radius 2 is 2.00 bits per heavy atom. The SMILES string of the molecule is [CH2]CCC(C)([SiH2]Cl)c1ccccc1. The minimum absolute atomic E-state index is 0.227. The molecule has 0 aliphatic rings. The highest BCUT2D eigenvalue weighted by molar-refractivity contribution is 6.95. The molecule has 0 saturated heterocycles. The van der Waals surface area contributed by atoms with Crippen LogP contribution in [0.3, 0.4) is 0 Å². The van der Waals surface area contributed by atoms with E-state index < -0.39 is 8.83 Å². The highest BCUT2D eigenvalue weighted by Crippen LogP contribution is 2.28. The molecule has 0 fully saturated rings. The molecule has 1 aromatic carbocycles. The average Bonchev–Trinajstić information content (AvgIpc) is 2.19. The molecule has 0 saturated carbocycles. The standard InChI is InChI=1S/C11H16ClSi/c1-3-9-11(2,13-12)10-7-5-4-6-8-10/h4-8H,1,3,9,13H2,2H3. The van der Waals surface area contributed by atoms with Crippen molar-refractivity contribution in [2.24, 2.45) is 0 Å². The minimum Gasteiger partial charge on any atom is -0.175 e. The van der Waals surface area contributed by atoms with Crippen LogP contribution >= 0.6 is 11.1 Å². The lowest BCUT2D eigenvalue weighted by atomic mass is 9.95. The lowest BCUT2D eigenvalue weighted by Gasteiger charge is -2.26. The van der Waals surface area contributed by atoms with Gasteiger partial charge in [0.05, 0.1) is 0 Å². The van der Waals surface area contributed by atoms with Crippen LogP contribution in [0.1, 0.15) is 25.3 Å². The first-order valence-electron chi connectivity index (χ1n) is 4.64. The van der Waals surface area contributed by atoms with E-state index in [9.17, 15) is 0 Å². The van der Waals surface area contributed by atoms with E-state index in [1.54, 1.807) is 0 Å². The molecule has 1 aromatic rings. The Hall–Kier alpha value is -0.273. The van der Waals surface area contributed by atoms with E-state index in [1.807, 2.05) is 6.07 Å². The summed E-state index contributed by atoms with van der Waals surface area (Å²) >= 11 is 6.13. The van der Waals surface area contributed by atoms with Crippen LogP contribution in [0.4, 0.5) is 0 Å². The van der Waals surface area contributed by atoms with Crippen LogP contribution < -0.4 is 0 Å². The normalized spacial score (nSPS) is 16.2. The topological polar surface area (TPSA) is 0 Å². The number of benzene rings is 1. The summed E-state index contributed by atoms with van der Waals surface area (Å²) in [6.07, 6.45) is 2.07. The van der Waals surface area contributed by atoms with E-state index in [0.717, 1.165) is 12.8 Å². The molecule has 2 heteroatoms. The molecule has 1 radical (unpaired) electrons. The monoisotopic (exact) mass is 211 g/mol. The lowest BCUT2D eigenvalue weighted by Crippen LogP contribution is -2.26. The van der Waals surface area contributed by atoms with Crippen molar-refractivity contribution in [2.45, 2.75) is 24.8 Å². The Morgan fingerprint density at radius 3 is 2.46 bits per heavy atom. The zero-order valence-electron chi connectivity index (χ0n) is 8.09. The van der Waals surface area contributed by atoms with Crippen LogP contribution in [0, 0.1) is 6.92 Å². The molecule has 0 spiro atoms. The zero-order valence-corrected chi connectivity index (χ0v) is 10.3. The second kappa shape index (κ2) is 4.82. The molecular formula is C11H16ClSi. The molecule has 0 N–H and O–H groups in total. The number of hydrogen-bond donors (Lipinski definition) is 0. The fourth-order valence-corrected chi connectivity index (χ4v) is 3.16. The molecule has 0 bridgehead atoms. The maximum atomic E-state index is 6.13. The van der Waals surface area contributed by atoms with Crippen LogP contribution in [-0.4, -0.2) is 8.83 Å². The third kappa shape index (κ3) is 2.58. The predicted molar refractivity (Wildman–Crippen MR) is 62.8 cm³/mol. The molecule has 13 heavy (non-hydrogen) atoms. The molecule has 0 nitrogen and oxygen atoms in total. The Kier molecular flexibility index (Phi) is 4.01. The van der Waals surface area contributed by atoms with Crippen LogP contribution in [0.5, 0.6) is 0 Å². The van der Waals surface area contributed by atoms with Gasteiger partial charge < -0.3 is 0 Å². The van der Waals surface area contributed by atoms with Crippen molar-refractivity contribution in [1.82, 2.24) is 0 Å². The van der Waals surface area contributed by atoms with Gasteiger partial charge in [0.2, 0.25) is 0 Å². The largest absolute Gasteiger partial charge is 0.175 e. The maximum Gasteiger partial charge on any atom is 0.135 e. The molecule has 1 rings (SSSR count). The van der Waals surface area contributed by atoms with Gasteiger partial charge in [0.1, 0.15) is 8.83 Å². The molecule has 0 aliphatic heterocycles. The Balaban J connectivity index is 2.89. The number of rotatable bonds is 4. The average molecular weight is 212 g/mol. The Labute approximate surface area is 87.8 Å². The Morgan fingerprint density at radius 1 is 1.38 bits per heavy atom. The van der Waals surface area contributed by atoms with Gasteiger partial charge in [-0.05, 0) is 17.0 Å². The van der Waals surface area contributed by atoms with E-state index in [1.165, 1.54) is 5.56 Å². The van der Waals surface area contributed by atoms with Crippen molar-refractivity contribution in [3.63, 3.8) is 0 Å². The number of hydrogen-bond acceptors (Lipinski definition) is 0. The third-order valence-corrected chi connectivity index (χ3v) is 5.62. The molecule has 1 atom stereocenters. The fourth-order valence-electron chi connectivity index (χ4n) is 1.52. The van der Waals surface area contributed by atoms with Gasteiger partial charge in [-0.15, -0.1) is 0 Å². The quantitative estimate of drug-likeness (QED) is 0.531. The van der Waals surface area contributed by atoms with Gasteiger partial charge >= 0.3 is 0 Å². The van der Waals surface area contributed by atoms with Gasteiger partial charge in [0, 0.05) is 0 Å². The second-order valence-corrected chi connectivity index (χ2v) is 6.29. The van der Waals surface area contributed by atoms with Crippen molar-refractivity contribution in [1.29, 1.82) is 0 Å². The molecule has 1 unspecified atom stereocenters. The summed E-state index contributed by atoms with van der Waals surface area (Å²) in [5.74, 6) is 0. The molecule has 0 heterocycles. The van der Waals surface area contributed by atoms with Gasteiger partial charge in [0.25, 0.3) is 0 Å². The molecule has 0 aromatic heterocycles. The minimum atomic E-state index is -0.546. The van der Waals surface area contributed by atoms with E-state index in [2.05, 4.69) is 38.1 Å². The first-order valence-corrected chi connectivity index (χ1v) is 7.48. The van der Waals surface area contributed by atoms with E-state index in [-0.39, 0.29) is 5.04 Å². The molecule has 0 aliphatic carbocycles. The predicted octanol–water partition coefficient (Wildman–Crippen LogP) is 2.84. The van der Waals surface area contributed by atoms with E-state index >= 15 is 0 Å². The summed E-state index contributed by atoms with van der Waals surface area (Å²) in [6, 6.07) is 10.6. The highest BCUT2D eigenvalue weighted by atomic mass is 35.6. The molecule has 71 valence electrons. The van der Waals surface area contributed by atoms with Gasteiger partial charge in [-0.25, -0.2) is 0 Å². The van der Waals surface area contributed by atoms with Gasteiger partial charge in [0.15, 0.2) is 0 Å². The lowest BCUT2D eigenvalue weighted by molar-refractivity contribution is 0.611. The smallest absolute Gasteiger partial charge is 0.135 e. The second-order valence-electron chi connectivity index (χ2n) is 3.66. The maximum absolute atomic E-state index is 6.13. The zero-order chi connectivity index (χ0) is 9.73. The van der Waals surface area contributed by atoms with Crippen molar-refractivity contribution in [3.8, 4) is 0 Å². The van der Waals surface area contributed by atoms with Gasteiger partial charge in [-0.3, -0.25) is 0 Å². The van der Waals surface area contributed by atoms with Crippen LogP contribution in [0.2, 0.25) is 0 Å². The van der Waals surface area contributed by atoms with Crippen LogP contribution in [0.15, 0.2) is 30.3 Å². The summed E-state index contributed by atoms with van der Waals surface area (Å²) in [6.45, 7) is 6.16. The van der Waals surface area contributed by atoms with Gasteiger partial charge in [-0.2, -0.15) is 11.1 Å². The van der Waals surface area contributed by atoms with Crippen LogP contribution in [0.25, 0.3) is 0 Å². The highest BCUT2D eigenvalue weighted by Gasteiger charge is 2.24. The summed E-state index contributed by atoms with van der Waals surface area (Å²) < 4.78 is 0. The van der Waals surface area contributed by atoms with Crippen molar-refractivity contribution in [3.05, 3.63) is 42.8 Å². The van der Waals surface area contributed by atoms with Crippen LogP contribution in [-0.2, 0) is 5.04 Å². The summed E-state index contributed by atoms with van der Waals surface area (Å²) in [5, 5.41) is 0.227.